The Kier molecular flexibility index (Phi) is 4.92. The highest BCUT2D eigenvalue weighted by Crippen LogP contribution is 2.33. The Bertz CT molecular complexity index is 399. The van der Waals surface area contributed by atoms with Gasteiger partial charge < -0.3 is 5.32 Å². The second-order valence-corrected chi connectivity index (χ2v) is 6.59. The molecule has 2 heteroatoms. The van der Waals surface area contributed by atoms with Crippen LogP contribution in [0.1, 0.15) is 49.3 Å². The highest BCUT2D eigenvalue weighted by molar-refractivity contribution is 6.18. The Hall–Kier alpha value is -0.530. The van der Waals surface area contributed by atoms with Gasteiger partial charge in [-0.2, -0.15) is 0 Å². The summed E-state index contributed by atoms with van der Waals surface area (Å²) in [6.45, 7) is 7.68. The van der Waals surface area contributed by atoms with E-state index < -0.39 is 0 Å². The molecule has 0 aliphatic heterocycles. The molecule has 0 aromatic heterocycles. The molecule has 106 valence electrons. The Morgan fingerprint density at radius 1 is 1.21 bits per heavy atom. The van der Waals surface area contributed by atoms with Crippen LogP contribution in [0.15, 0.2) is 18.2 Å². The molecule has 1 nitrogen and oxygen atoms in total. The third-order valence-electron chi connectivity index (χ3n) is 4.77. The van der Waals surface area contributed by atoms with Crippen LogP contribution < -0.4 is 5.32 Å². The molecule has 0 amide bonds. The summed E-state index contributed by atoms with van der Waals surface area (Å²) in [6.07, 6.45) is 5.02. The van der Waals surface area contributed by atoms with Crippen molar-refractivity contribution in [1.29, 1.82) is 0 Å². The lowest BCUT2D eigenvalue weighted by molar-refractivity contribution is 0.216. The van der Waals surface area contributed by atoms with Crippen LogP contribution in [0, 0.1) is 19.8 Å². The minimum absolute atomic E-state index is 0.156. The lowest BCUT2D eigenvalue weighted by atomic mass is 9.78. The topological polar surface area (TPSA) is 12.0 Å². The van der Waals surface area contributed by atoms with E-state index >= 15 is 0 Å². The number of benzene rings is 1. The van der Waals surface area contributed by atoms with Gasteiger partial charge in [0.1, 0.15) is 0 Å². The minimum atomic E-state index is 0.156. The number of hydrogen-bond acceptors (Lipinski definition) is 1. The van der Waals surface area contributed by atoms with E-state index in [1.807, 2.05) is 0 Å². The molecule has 0 unspecified atom stereocenters. The zero-order valence-electron chi connectivity index (χ0n) is 12.4. The first-order valence-corrected chi connectivity index (χ1v) is 7.96. The average molecular weight is 280 g/mol. The van der Waals surface area contributed by atoms with Gasteiger partial charge >= 0.3 is 0 Å². The van der Waals surface area contributed by atoms with Crippen LogP contribution in [-0.4, -0.2) is 11.4 Å². The van der Waals surface area contributed by atoms with Crippen LogP contribution in [0.4, 0.5) is 0 Å². The minimum Gasteiger partial charge on any atom is -0.306 e. The fourth-order valence-electron chi connectivity index (χ4n) is 3.08. The van der Waals surface area contributed by atoms with E-state index in [2.05, 4.69) is 44.3 Å². The summed E-state index contributed by atoms with van der Waals surface area (Å²) in [5, 5.41) is 3.77. The SMILES string of the molecule is Cc1cccc(C)c1CNC1(CCl)CCC(C)CC1. The Morgan fingerprint density at radius 3 is 2.32 bits per heavy atom. The summed E-state index contributed by atoms with van der Waals surface area (Å²) in [7, 11) is 0. The smallest absolute Gasteiger partial charge is 0.0406 e. The molecule has 1 N–H and O–H groups in total. The highest BCUT2D eigenvalue weighted by atomic mass is 35.5. The molecule has 1 aliphatic carbocycles. The molecule has 0 spiro atoms. The van der Waals surface area contributed by atoms with Gasteiger partial charge in [-0.1, -0.05) is 25.1 Å². The van der Waals surface area contributed by atoms with E-state index in [0.717, 1.165) is 18.3 Å². The molecule has 1 saturated carbocycles. The quantitative estimate of drug-likeness (QED) is 0.796. The van der Waals surface area contributed by atoms with Crippen LogP contribution >= 0.6 is 11.6 Å². The monoisotopic (exact) mass is 279 g/mol. The summed E-state index contributed by atoms with van der Waals surface area (Å²) >= 11 is 6.27. The maximum Gasteiger partial charge on any atom is 0.0406 e. The van der Waals surface area contributed by atoms with Crippen LogP contribution in [0.3, 0.4) is 0 Å². The van der Waals surface area contributed by atoms with Crippen molar-refractivity contribution in [3.63, 3.8) is 0 Å². The van der Waals surface area contributed by atoms with Gasteiger partial charge in [0.05, 0.1) is 0 Å². The molecule has 1 aliphatic rings. The maximum absolute atomic E-state index is 6.27. The third kappa shape index (κ3) is 3.52. The largest absolute Gasteiger partial charge is 0.306 e. The van der Waals surface area contributed by atoms with Crippen molar-refractivity contribution in [3.8, 4) is 0 Å². The lowest BCUT2D eigenvalue weighted by Crippen LogP contribution is -2.49. The Labute approximate surface area is 122 Å². The first kappa shape index (κ1) is 14.9. The third-order valence-corrected chi connectivity index (χ3v) is 5.28. The van der Waals surface area contributed by atoms with Crippen LogP contribution in [0.2, 0.25) is 0 Å². The molecular weight excluding hydrogens is 254 g/mol. The van der Waals surface area contributed by atoms with Crippen molar-refractivity contribution in [2.45, 2.75) is 58.5 Å². The second kappa shape index (κ2) is 6.28. The molecule has 1 aromatic carbocycles. The summed E-state index contributed by atoms with van der Waals surface area (Å²) in [6, 6.07) is 6.52. The van der Waals surface area contributed by atoms with Crippen molar-refractivity contribution in [1.82, 2.24) is 5.32 Å². The van der Waals surface area contributed by atoms with Crippen molar-refractivity contribution in [3.05, 3.63) is 34.9 Å². The summed E-state index contributed by atoms with van der Waals surface area (Å²) in [4.78, 5) is 0. The van der Waals surface area contributed by atoms with Crippen LogP contribution in [0.25, 0.3) is 0 Å². The molecule has 19 heavy (non-hydrogen) atoms. The first-order chi connectivity index (χ1) is 9.06. The Balaban J connectivity index is 2.04. The van der Waals surface area contributed by atoms with Crippen molar-refractivity contribution in [2.24, 2.45) is 5.92 Å². The summed E-state index contributed by atoms with van der Waals surface area (Å²) < 4.78 is 0. The van der Waals surface area contributed by atoms with E-state index in [0.29, 0.717) is 0 Å². The maximum atomic E-state index is 6.27. The van der Waals surface area contributed by atoms with Gasteiger partial charge in [-0.25, -0.2) is 0 Å². The average Bonchev–Trinajstić information content (AvgIpc) is 2.41. The summed E-state index contributed by atoms with van der Waals surface area (Å²) in [5.74, 6) is 1.59. The molecule has 0 heterocycles. The molecule has 1 aromatic rings. The number of halogens is 1. The fourth-order valence-corrected chi connectivity index (χ4v) is 3.44. The van der Waals surface area contributed by atoms with E-state index in [9.17, 15) is 0 Å². The van der Waals surface area contributed by atoms with E-state index in [-0.39, 0.29) is 5.54 Å². The van der Waals surface area contributed by atoms with Gasteiger partial charge in [0.25, 0.3) is 0 Å². The number of aryl methyl sites for hydroxylation is 2. The molecule has 2 rings (SSSR count). The summed E-state index contributed by atoms with van der Waals surface area (Å²) in [5.41, 5.74) is 4.34. The normalized spacial score (nSPS) is 27.5. The molecule has 0 saturated heterocycles. The second-order valence-electron chi connectivity index (χ2n) is 6.32. The van der Waals surface area contributed by atoms with Gasteiger partial charge in [0, 0.05) is 18.0 Å². The van der Waals surface area contributed by atoms with Crippen molar-refractivity contribution in [2.75, 3.05) is 5.88 Å². The lowest BCUT2D eigenvalue weighted by Gasteiger charge is -2.39. The standard InChI is InChI=1S/C17H26ClN/c1-13-7-9-17(12-18,10-8-13)19-11-16-14(2)5-4-6-15(16)3/h4-6,13,19H,7-12H2,1-3H3. The van der Waals surface area contributed by atoms with Gasteiger partial charge in [0.15, 0.2) is 0 Å². The van der Waals surface area contributed by atoms with Crippen molar-refractivity contribution >= 4 is 11.6 Å². The molecule has 1 fully saturated rings. The number of nitrogens with one attached hydrogen (secondary N) is 1. The van der Waals surface area contributed by atoms with Crippen molar-refractivity contribution < 1.29 is 0 Å². The molecule has 0 atom stereocenters. The number of hydrogen-bond donors (Lipinski definition) is 1. The van der Waals surface area contributed by atoms with Crippen LogP contribution in [-0.2, 0) is 6.54 Å². The van der Waals surface area contributed by atoms with Gasteiger partial charge in [-0.15, -0.1) is 11.6 Å². The van der Waals surface area contributed by atoms with E-state index in [4.69, 9.17) is 11.6 Å². The van der Waals surface area contributed by atoms with Gasteiger partial charge in [-0.05, 0) is 62.1 Å². The predicted molar refractivity (Wildman–Crippen MR) is 83.8 cm³/mol. The van der Waals surface area contributed by atoms with E-state index in [1.54, 1.807) is 0 Å². The van der Waals surface area contributed by atoms with E-state index in [1.165, 1.54) is 42.4 Å². The molecule has 0 radical (unpaired) electrons. The van der Waals surface area contributed by atoms with Gasteiger partial charge in [-0.3, -0.25) is 0 Å². The highest BCUT2D eigenvalue weighted by Gasteiger charge is 2.32. The molecular formula is C17H26ClN. The number of rotatable bonds is 4. The zero-order chi connectivity index (χ0) is 13.9. The first-order valence-electron chi connectivity index (χ1n) is 7.42. The number of alkyl halides is 1. The molecule has 0 bridgehead atoms. The van der Waals surface area contributed by atoms with Gasteiger partial charge in [0.2, 0.25) is 0 Å². The fraction of sp³-hybridized carbons (Fsp3) is 0.647. The Morgan fingerprint density at radius 2 is 1.79 bits per heavy atom. The van der Waals surface area contributed by atoms with Crippen LogP contribution in [0.5, 0.6) is 0 Å². The predicted octanol–water partition coefficient (Wildman–Crippen LogP) is 4.58. The zero-order valence-corrected chi connectivity index (χ0v) is 13.2.